The Hall–Kier alpha value is -0.980. The molecule has 6 nitrogen and oxygen atoms in total. The smallest absolute Gasteiger partial charge is 0.252 e. The van der Waals surface area contributed by atoms with Gasteiger partial charge in [0.25, 0.3) is 5.91 Å². The largest absolute Gasteiger partial charge is 0.379 e. The molecule has 3 unspecified atom stereocenters. The molecule has 0 aliphatic rings. The summed E-state index contributed by atoms with van der Waals surface area (Å²) in [6.45, 7) is 16.9. The zero-order valence-corrected chi connectivity index (χ0v) is 20.2. The van der Waals surface area contributed by atoms with Crippen molar-refractivity contribution in [1.82, 2.24) is 5.32 Å². The highest BCUT2D eigenvalue weighted by Gasteiger charge is 2.36. The summed E-state index contributed by atoms with van der Waals surface area (Å²) < 4.78 is 17.3. The standard InChI is InChI=1S/C23H45NO5/c1-10-23(8,29-17-14-22(6,7)27-9)20(26)24-21(4,5)13-16-28-19(3)18(2)12-11-15-25/h15,18-19H,10-14,16-17H2,1-9H3,(H,24,26). The first-order valence-electron chi connectivity index (χ1n) is 10.9. The summed E-state index contributed by atoms with van der Waals surface area (Å²) in [6, 6.07) is 0. The van der Waals surface area contributed by atoms with E-state index in [1.54, 1.807) is 7.11 Å². The lowest BCUT2D eigenvalue weighted by Crippen LogP contribution is -2.54. The van der Waals surface area contributed by atoms with Crippen molar-refractivity contribution in [1.29, 1.82) is 0 Å². The van der Waals surface area contributed by atoms with Crippen LogP contribution >= 0.6 is 0 Å². The number of ether oxygens (including phenoxy) is 3. The van der Waals surface area contributed by atoms with Gasteiger partial charge in [-0.25, -0.2) is 0 Å². The van der Waals surface area contributed by atoms with Gasteiger partial charge in [0.15, 0.2) is 0 Å². The van der Waals surface area contributed by atoms with Gasteiger partial charge in [0.05, 0.1) is 18.3 Å². The number of hydrogen-bond acceptors (Lipinski definition) is 5. The van der Waals surface area contributed by atoms with E-state index in [9.17, 15) is 9.59 Å². The van der Waals surface area contributed by atoms with Crippen LogP contribution in [0.5, 0.6) is 0 Å². The van der Waals surface area contributed by atoms with Crippen molar-refractivity contribution in [2.45, 2.75) is 110 Å². The van der Waals surface area contributed by atoms with Gasteiger partial charge >= 0.3 is 0 Å². The van der Waals surface area contributed by atoms with Crippen LogP contribution in [0.25, 0.3) is 0 Å². The number of nitrogens with one attached hydrogen (secondary N) is 1. The maximum atomic E-state index is 12.9. The van der Waals surface area contributed by atoms with E-state index in [1.165, 1.54) is 0 Å². The summed E-state index contributed by atoms with van der Waals surface area (Å²) in [5.74, 6) is 0.221. The molecule has 172 valence electrons. The average Bonchev–Trinajstić information content (AvgIpc) is 2.64. The molecule has 0 aromatic heterocycles. The first-order valence-corrected chi connectivity index (χ1v) is 10.9. The highest BCUT2D eigenvalue weighted by molar-refractivity contribution is 5.85. The van der Waals surface area contributed by atoms with Crippen molar-refractivity contribution in [2.75, 3.05) is 20.3 Å². The number of rotatable bonds is 16. The predicted octanol–water partition coefficient (Wildman–Crippen LogP) is 4.29. The maximum Gasteiger partial charge on any atom is 0.252 e. The molecule has 0 spiro atoms. The van der Waals surface area contributed by atoms with Gasteiger partial charge in [-0.2, -0.15) is 0 Å². The Bertz CT molecular complexity index is 492. The molecule has 29 heavy (non-hydrogen) atoms. The molecule has 0 bridgehead atoms. The van der Waals surface area contributed by atoms with Crippen LogP contribution in [0.4, 0.5) is 0 Å². The van der Waals surface area contributed by atoms with E-state index in [-0.39, 0.29) is 17.6 Å². The fourth-order valence-electron chi connectivity index (χ4n) is 2.68. The molecule has 0 heterocycles. The van der Waals surface area contributed by atoms with Crippen LogP contribution in [-0.2, 0) is 23.8 Å². The molecule has 1 N–H and O–H groups in total. The van der Waals surface area contributed by atoms with Crippen molar-refractivity contribution >= 4 is 12.2 Å². The van der Waals surface area contributed by atoms with E-state index >= 15 is 0 Å². The number of hydrogen-bond donors (Lipinski definition) is 1. The molecular weight excluding hydrogens is 370 g/mol. The minimum absolute atomic E-state index is 0.0785. The van der Waals surface area contributed by atoms with Gasteiger partial charge in [-0.1, -0.05) is 13.8 Å². The number of amides is 1. The van der Waals surface area contributed by atoms with Gasteiger partial charge in [0, 0.05) is 25.7 Å². The second kappa shape index (κ2) is 12.7. The minimum atomic E-state index is -0.876. The fourth-order valence-corrected chi connectivity index (χ4v) is 2.68. The number of aldehydes is 1. The number of carbonyl (C=O) groups excluding carboxylic acids is 2. The molecule has 0 aliphatic carbocycles. The summed E-state index contributed by atoms with van der Waals surface area (Å²) in [4.78, 5) is 23.4. The van der Waals surface area contributed by atoms with Crippen molar-refractivity contribution in [2.24, 2.45) is 5.92 Å². The van der Waals surface area contributed by atoms with Crippen molar-refractivity contribution in [3.63, 3.8) is 0 Å². The molecule has 0 saturated carbocycles. The summed E-state index contributed by atoms with van der Waals surface area (Å²) in [6.07, 6.45) is 4.42. The Morgan fingerprint density at radius 3 is 2.21 bits per heavy atom. The normalized spacial score (nSPS) is 16.7. The number of methoxy groups -OCH3 is 1. The third-order valence-corrected chi connectivity index (χ3v) is 5.93. The molecule has 0 saturated heterocycles. The van der Waals surface area contributed by atoms with Crippen LogP contribution in [0.15, 0.2) is 0 Å². The monoisotopic (exact) mass is 415 g/mol. The highest BCUT2D eigenvalue weighted by atomic mass is 16.5. The third kappa shape index (κ3) is 11.1. The molecule has 0 radical (unpaired) electrons. The minimum Gasteiger partial charge on any atom is -0.379 e. The fraction of sp³-hybridized carbons (Fsp3) is 0.913. The Morgan fingerprint density at radius 1 is 1.07 bits per heavy atom. The van der Waals surface area contributed by atoms with Crippen LogP contribution in [0.1, 0.15) is 87.5 Å². The maximum absolute atomic E-state index is 12.9. The van der Waals surface area contributed by atoms with Crippen LogP contribution in [-0.4, -0.2) is 55.4 Å². The second-order valence-corrected chi connectivity index (χ2v) is 9.53. The first-order chi connectivity index (χ1) is 13.3. The quantitative estimate of drug-likeness (QED) is 0.381. The van der Waals surface area contributed by atoms with E-state index < -0.39 is 11.1 Å². The molecule has 0 aromatic carbocycles. The molecular formula is C23H45NO5. The topological polar surface area (TPSA) is 73.9 Å². The molecule has 0 fully saturated rings. The third-order valence-electron chi connectivity index (χ3n) is 5.93. The predicted molar refractivity (Wildman–Crippen MR) is 117 cm³/mol. The van der Waals surface area contributed by atoms with E-state index in [0.29, 0.717) is 44.8 Å². The number of carbonyl (C=O) groups is 2. The van der Waals surface area contributed by atoms with Crippen molar-refractivity contribution < 1.29 is 23.8 Å². The van der Waals surface area contributed by atoms with Crippen LogP contribution in [0.3, 0.4) is 0 Å². The summed E-state index contributed by atoms with van der Waals surface area (Å²) in [5, 5.41) is 3.13. The van der Waals surface area contributed by atoms with Gasteiger partial charge in [-0.15, -0.1) is 0 Å². The SMILES string of the molecule is CCC(C)(OCCC(C)(C)OC)C(=O)NC(C)(C)CCOC(C)C(C)CCC=O. The van der Waals surface area contributed by atoms with E-state index in [0.717, 1.165) is 12.7 Å². The molecule has 6 heteroatoms. The molecule has 3 atom stereocenters. The van der Waals surface area contributed by atoms with Gasteiger partial charge < -0.3 is 24.3 Å². The van der Waals surface area contributed by atoms with Gasteiger partial charge in [0.1, 0.15) is 11.9 Å². The second-order valence-electron chi connectivity index (χ2n) is 9.53. The Balaban J connectivity index is 4.58. The zero-order chi connectivity index (χ0) is 22.7. The zero-order valence-electron chi connectivity index (χ0n) is 20.2. The molecule has 0 aromatic rings. The molecule has 0 aliphatic heterocycles. The van der Waals surface area contributed by atoms with Gasteiger partial charge in [-0.3, -0.25) is 4.79 Å². The Labute approximate surface area is 178 Å². The highest BCUT2D eigenvalue weighted by Crippen LogP contribution is 2.22. The average molecular weight is 416 g/mol. The lowest BCUT2D eigenvalue weighted by atomic mass is 9.96. The van der Waals surface area contributed by atoms with Gasteiger partial charge in [0.2, 0.25) is 0 Å². The Kier molecular flexibility index (Phi) is 12.2. The van der Waals surface area contributed by atoms with Gasteiger partial charge in [-0.05, 0) is 73.1 Å². The van der Waals surface area contributed by atoms with Crippen LogP contribution in [0, 0.1) is 5.92 Å². The molecule has 1 amide bonds. The van der Waals surface area contributed by atoms with Crippen LogP contribution < -0.4 is 5.32 Å². The van der Waals surface area contributed by atoms with Crippen molar-refractivity contribution in [3.05, 3.63) is 0 Å². The van der Waals surface area contributed by atoms with E-state index in [2.05, 4.69) is 12.2 Å². The lowest BCUT2D eigenvalue weighted by Gasteiger charge is -2.35. The van der Waals surface area contributed by atoms with Crippen LogP contribution in [0.2, 0.25) is 0 Å². The first kappa shape index (κ1) is 28.0. The summed E-state index contributed by atoms with van der Waals surface area (Å²) >= 11 is 0. The summed E-state index contributed by atoms with van der Waals surface area (Å²) in [7, 11) is 1.68. The van der Waals surface area contributed by atoms with Crippen molar-refractivity contribution in [3.8, 4) is 0 Å². The lowest BCUT2D eigenvalue weighted by molar-refractivity contribution is -0.149. The molecule has 0 rings (SSSR count). The van der Waals surface area contributed by atoms with E-state index in [4.69, 9.17) is 14.2 Å². The van der Waals surface area contributed by atoms with E-state index in [1.807, 2.05) is 48.5 Å². The summed E-state index contributed by atoms with van der Waals surface area (Å²) in [5.41, 5.74) is -1.56. The Morgan fingerprint density at radius 2 is 1.69 bits per heavy atom.